The van der Waals surface area contributed by atoms with Gasteiger partial charge in [0.2, 0.25) is 5.91 Å². The summed E-state index contributed by atoms with van der Waals surface area (Å²) in [6, 6.07) is 8.00. The lowest BCUT2D eigenvalue weighted by atomic mass is 10.2. The summed E-state index contributed by atoms with van der Waals surface area (Å²) in [5, 5.41) is 12.0. The largest absolute Gasteiger partial charge is 0.469 e. The smallest absolute Gasteiger partial charge is 0.230 e. The number of aryl methyl sites for hydroxylation is 1. The van der Waals surface area contributed by atoms with Crippen molar-refractivity contribution in [3.05, 3.63) is 48.2 Å². The maximum absolute atomic E-state index is 13.4. The van der Waals surface area contributed by atoms with Crippen LogP contribution in [0.2, 0.25) is 0 Å². The van der Waals surface area contributed by atoms with Crippen LogP contribution in [0.1, 0.15) is 26.0 Å². The molecular formula is C19H21FN4O2S. The van der Waals surface area contributed by atoms with Crippen LogP contribution in [0.3, 0.4) is 0 Å². The Kier molecular flexibility index (Phi) is 5.95. The molecule has 0 bridgehead atoms. The maximum Gasteiger partial charge on any atom is 0.230 e. The van der Waals surface area contributed by atoms with Crippen LogP contribution in [-0.4, -0.2) is 32.5 Å². The Bertz CT molecular complexity index is 920. The minimum Gasteiger partial charge on any atom is -0.469 e. The number of nitrogens with zero attached hydrogens (tertiary/aromatic N) is 3. The number of amides is 1. The van der Waals surface area contributed by atoms with Gasteiger partial charge in [0.15, 0.2) is 11.0 Å². The predicted octanol–water partition coefficient (Wildman–Crippen LogP) is 3.98. The molecule has 0 saturated heterocycles. The summed E-state index contributed by atoms with van der Waals surface area (Å²) in [6.07, 6.45) is 2.45. The molecule has 0 aliphatic carbocycles. The number of thioether (sulfide) groups is 1. The van der Waals surface area contributed by atoms with Gasteiger partial charge in [-0.3, -0.25) is 9.36 Å². The van der Waals surface area contributed by atoms with E-state index in [2.05, 4.69) is 15.5 Å². The number of aromatic nitrogens is 3. The zero-order chi connectivity index (χ0) is 19.4. The summed E-state index contributed by atoms with van der Waals surface area (Å²) in [5.74, 6) is 1.11. The fourth-order valence-electron chi connectivity index (χ4n) is 2.53. The van der Waals surface area contributed by atoms with Gasteiger partial charge < -0.3 is 9.73 Å². The molecule has 1 unspecified atom stereocenters. The van der Waals surface area contributed by atoms with E-state index in [9.17, 15) is 9.18 Å². The molecule has 3 rings (SSSR count). The van der Waals surface area contributed by atoms with E-state index in [-0.39, 0.29) is 23.5 Å². The van der Waals surface area contributed by atoms with Crippen molar-refractivity contribution >= 4 is 17.7 Å². The second-order valence-corrected chi connectivity index (χ2v) is 7.12. The van der Waals surface area contributed by atoms with Crippen molar-refractivity contribution < 1.29 is 13.6 Å². The number of furan rings is 1. The molecule has 1 atom stereocenters. The highest BCUT2D eigenvalue weighted by atomic mass is 32.2. The van der Waals surface area contributed by atoms with Gasteiger partial charge in [-0.15, -0.1) is 10.2 Å². The molecule has 2 aromatic heterocycles. The molecule has 1 amide bonds. The zero-order valence-electron chi connectivity index (χ0n) is 15.4. The summed E-state index contributed by atoms with van der Waals surface area (Å²) in [5.41, 5.74) is 1.50. The predicted molar refractivity (Wildman–Crippen MR) is 102 cm³/mol. The normalized spacial score (nSPS) is 12.1. The van der Waals surface area contributed by atoms with Gasteiger partial charge in [0, 0.05) is 11.7 Å². The van der Waals surface area contributed by atoms with Crippen LogP contribution in [0.25, 0.3) is 17.1 Å². The molecule has 1 aromatic carbocycles. The first kappa shape index (κ1) is 19.2. The highest BCUT2D eigenvalue weighted by Gasteiger charge is 2.20. The van der Waals surface area contributed by atoms with Gasteiger partial charge in [-0.2, -0.15) is 0 Å². The average Bonchev–Trinajstić information content (AvgIpc) is 3.26. The minimum atomic E-state index is -0.324. The number of benzene rings is 1. The minimum absolute atomic E-state index is 0.0657. The molecule has 0 aliphatic heterocycles. The number of hydrogen-bond donors (Lipinski definition) is 1. The number of carbonyl (C=O) groups excluding carboxylic acids is 1. The molecule has 142 valence electrons. The number of hydrogen-bond acceptors (Lipinski definition) is 5. The summed E-state index contributed by atoms with van der Waals surface area (Å²) in [4.78, 5) is 12.1. The van der Waals surface area contributed by atoms with E-state index in [0.29, 0.717) is 22.4 Å². The van der Waals surface area contributed by atoms with Crippen LogP contribution in [0.15, 0.2) is 46.2 Å². The Labute approximate surface area is 161 Å². The van der Waals surface area contributed by atoms with Gasteiger partial charge in [0.25, 0.3) is 0 Å². The number of rotatable bonds is 7. The Hall–Kier alpha value is -2.61. The second-order valence-electron chi connectivity index (χ2n) is 6.17. The molecule has 8 heteroatoms. The van der Waals surface area contributed by atoms with Gasteiger partial charge in [0.1, 0.15) is 11.6 Å². The third kappa shape index (κ3) is 4.39. The van der Waals surface area contributed by atoms with E-state index >= 15 is 0 Å². The molecular weight excluding hydrogens is 367 g/mol. The van der Waals surface area contributed by atoms with Crippen molar-refractivity contribution in [2.45, 2.75) is 38.4 Å². The van der Waals surface area contributed by atoms with E-state index in [0.717, 1.165) is 12.0 Å². The molecule has 27 heavy (non-hydrogen) atoms. The monoisotopic (exact) mass is 388 g/mol. The molecule has 0 fully saturated rings. The van der Waals surface area contributed by atoms with Crippen molar-refractivity contribution in [2.24, 2.45) is 0 Å². The van der Waals surface area contributed by atoms with E-state index < -0.39 is 0 Å². The fourth-order valence-corrected chi connectivity index (χ4v) is 3.29. The lowest BCUT2D eigenvalue weighted by Gasteiger charge is -2.12. The summed E-state index contributed by atoms with van der Waals surface area (Å²) >= 11 is 1.28. The van der Waals surface area contributed by atoms with Crippen LogP contribution in [0.5, 0.6) is 0 Å². The molecule has 0 spiro atoms. The Morgan fingerprint density at radius 3 is 2.67 bits per heavy atom. The van der Waals surface area contributed by atoms with Gasteiger partial charge in [-0.05, 0) is 50.6 Å². The van der Waals surface area contributed by atoms with Gasteiger partial charge in [-0.25, -0.2) is 4.39 Å². The standard InChI is InChI=1S/C19H21FN4O2S/c1-4-12(2)21-17(25)11-27-19-23-22-18(16-9-10-26-13(16)3)24(19)15-7-5-14(20)6-8-15/h5-10,12H,4,11H2,1-3H3,(H,21,25). The lowest BCUT2D eigenvalue weighted by Crippen LogP contribution is -2.33. The van der Waals surface area contributed by atoms with Crippen LogP contribution in [0, 0.1) is 12.7 Å². The van der Waals surface area contributed by atoms with Crippen LogP contribution < -0.4 is 5.32 Å². The molecule has 0 saturated carbocycles. The molecule has 3 aromatic rings. The maximum atomic E-state index is 13.4. The topological polar surface area (TPSA) is 73.0 Å². The van der Waals surface area contributed by atoms with Crippen LogP contribution in [-0.2, 0) is 4.79 Å². The van der Waals surface area contributed by atoms with Gasteiger partial charge in [0.05, 0.1) is 17.6 Å². The fraction of sp³-hybridized carbons (Fsp3) is 0.316. The average molecular weight is 388 g/mol. The summed E-state index contributed by atoms with van der Waals surface area (Å²) < 4.78 is 20.5. The van der Waals surface area contributed by atoms with Gasteiger partial charge >= 0.3 is 0 Å². The molecule has 6 nitrogen and oxygen atoms in total. The quantitative estimate of drug-likeness (QED) is 0.620. The summed E-state index contributed by atoms with van der Waals surface area (Å²) in [7, 11) is 0. The van der Waals surface area contributed by atoms with Crippen molar-refractivity contribution in [1.82, 2.24) is 20.1 Å². The first-order chi connectivity index (χ1) is 13.0. The number of halogens is 1. The number of carbonyl (C=O) groups is 1. The van der Waals surface area contributed by atoms with Crippen molar-refractivity contribution in [3.8, 4) is 17.1 Å². The Morgan fingerprint density at radius 2 is 2.04 bits per heavy atom. The SMILES string of the molecule is CCC(C)NC(=O)CSc1nnc(-c2ccoc2C)n1-c1ccc(F)cc1. The van der Waals surface area contributed by atoms with Crippen LogP contribution >= 0.6 is 11.8 Å². The van der Waals surface area contributed by atoms with Crippen molar-refractivity contribution in [3.63, 3.8) is 0 Å². The highest BCUT2D eigenvalue weighted by molar-refractivity contribution is 7.99. The van der Waals surface area contributed by atoms with E-state index in [4.69, 9.17) is 4.42 Å². The third-order valence-corrected chi connectivity index (χ3v) is 5.10. The van der Waals surface area contributed by atoms with Crippen molar-refractivity contribution in [1.29, 1.82) is 0 Å². The molecule has 0 radical (unpaired) electrons. The first-order valence-corrected chi connectivity index (χ1v) is 9.66. The molecule has 0 aliphatic rings. The van der Waals surface area contributed by atoms with E-state index in [1.807, 2.05) is 26.8 Å². The second kappa shape index (κ2) is 8.39. The van der Waals surface area contributed by atoms with E-state index in [1.54, 1.807) is 23.0 Å². The zero-order valence-corrected chi connectivity index (χ0v) is 16.2. The van der Waals surface area contributed by atoms with Gasteiger partial charge in [-0.1, -0.05) is 18.7 Å². The molecule has 2 heterocycles. The van der Waals surface area contributed by atoms with E-state index in [1.165, 1.54) is 23.9 Å². The Balaban J connectivity index is 1.92. The Morgan fingerprint density at radius 1 is 1.30 bits per heavy atom. The molecule has 1 N–H and O–H groups in total. The van der Waals surface area contributed by atoms with Crippen LogP contribution in [0.4, 0.5) is 4.39 Å². The lowest BCUT2D eigenvalue weighted by molar-refractivity contribution is -0.119. The first-order valence-electron chi connectivity index (χ1n) is 8.67. The summed E-state index contributed by atoms with van der Waals surface area (Å²) in [6.45, 7) is 5.82. The number of nitrogens with one attached hydrogen (secondary N) is 1. The third-order valence-electron chi connectivity index (χ3n) is 4.17. The highest BCUT2D eigenvalue weighted by Crippen LogP contribution is 2.30. The van der Waals surface area contributed by atoms with Crippen molar-refractivity contribution in [2.75, 3.05) is 5.75 Å².